The molecule has 0 aliphatic heterocycles. The summed E-state index contributed by atoms with van der Waals surface area (Å²) in [6.45, 7) is 2.12. The normalized spacial score (nSPS) is 11.4. The molecule has 0 aromatic rings. The lowest BCUT2D eigenvalue weighted by atomic mass is 10.2. The van der Waals surface area contributed by atoms with E-state index in [-0.39, 0.29) is 5.97 Å². The molecule has 0 aliphatic rings. The molecule has 12 heavy (non-hydrogen) atoms. The topological polar surface area (TPSA) is 26.3 Å². The standard InChI is InChI=1S/C9H15BrO2/c1-3-4-5-6-8(7-10)9(11)12-2/h6H,3-5,7H2,1-2H3/b8-6-. The van der Waals surface area contributed by atoms with Crippen molar-refractivity contribution in [3.63, 3.8) is 0 Å². The zero-order valence-electron chi connectivity index (χ0n) is 7.60. The van der Waals surface area contributed by atoms with Crippen molar-refractivity contribution in [2.24, 2.45) is 0 Å². The lowest BCUT2D eigenvalue weighted by Crippen LogP contribution is -2.05. The monoisotopic (exact) mass is 234 g/mol. The molecular formula is C9H15BrO2. The summed E-state index contributed by atoms with van der Waals surface area (Å²) in [6, 6.07) is 0. The highest BCUT2D eigenvalue weighted by Crippen LogP contribution is 2.06. The number of ether oxygens (including phenoxy) is 1. The van der Waals surface area contributed by atoms with Gasteiger partial charge in [-0.15, -0.1) is 0 Å². The minimum Gasteiger partial charge on any atom is -0.466 e. The zero-order valence-corrected chi connectivity index (χ0v) is 9.19. The van der Waals surface area contributed by atoms with Gasteiger partial charge in [0.2, 0.25) is 0 Å². The first-order chi connectivity index (χ1) is 5.76. The van der Waals surface area contributed by atoms with E-state index in [0.717, 1.165) is 19.3 Å². The van der Waals surface area contributed by atoms with Crippen LogP contribution < -0.4 is 0 Å². The van der Waals surface area contributed by atoms with Gasteiger partial charge in [0.15, 0.2) is 0 Å². The van der Waals surface area contributed by atoms with Crippen molar-refractivity contribution in [3.05, 3.63) is 11.6 Å². The third kappa shape index (κ3) is 4.54. The summed E-state index contributed by atoms with van der Waals surface area (Å²) in [7, 11) is 1.40. The van der Waals surface area contributed by atoms with Crippen LogP contribution in [0.5, 0.6) is 0 Å². The van der Waals surface area contributed by atoms with Gasteiger partial charge >= 0.3 is 5.97 Å². The van der Waals surface area contributed by atoms with Gasteiger partial charge in [-0.2, -0.15) is 0 Å². The van der Waals surface area contributed by atoms with Gasteiger partial charge in [-0.1, -0.05) is 41.8 Å². The van der Waals surface area contributed by atoms with Gasteiger partial charge in [0.25, 0.3) is 0 Å². The van der Waals surface area contributed by atoms with Gasteiger partial charge in [-0.25, -0.2) is 4.79 Å². The second-order valence-electron chi connectivity index (χ2n) is 2.50. The van der Waals surface area contributed by atoms with Gasteiger partial charge in [0.05, 0.1) is 7.11 Å². The van der Waals surface area contributed by atoms with Gasteiger partial charge < -0.3 is 4.74 Å². The lowest BCUT2D eigenvalue weighted by molar-refractivity contribution is -0.135. The molecule has 70 valence electrons. The van der Waals surface area contributed by atoms with Crippen LogP contribution in [0.4, 0.5) is 0 Å². The van der Waals surface area contributed by atoms with Crippen LogP contribution in [0.25, 0.3) is 0 Å². The Balaban J connectivity index is 3.95. The minimum atomic E-state index is -0.233. The smallest absolute Gasteiger partial charge is 0.334 e. The van der Waals surface area contributed by atoms with E-state index >= 15 is 0 Å². The Hall–Kier alpha value is -0.310. The first-order valence-electron chi connectivity index (χ1n) is 4.09. The Morgan fingerprint density at radius 1 is 1.58 bits per heavy atom. The maximum Gasteiger partial charge on any atom is 0.334 e. The van der Waals surface area contributed by atoms with Crippen LogP contribution in [-0.4, -0.2) is 18.4 Å². The summed E-state index contributed by atoms with van der Waals surface area (Å²) in [5.74, 6) is -0.233. The molecule has 0 heterocycles. The fourth-order valence-corrected chi connectivity index (χ4v) is 1.26. The molecule has 0 saturated carbocycles. The van der Waals surface area contributed by atoms with Gasteiger partial charge in [0, 0.05) is 10.9 Å². The molecule has 0 saturated heterocycles. The van der Waals surface area contributed by atoms with Crippen LogP contribution in [-0.2, 0) is 9.53 Å². The van der Waals surface area contributed by atoms with Crippen LogP contribution in [0.1, 0.15) is 26.2 Å². The number of carbonyl (C=O) groups is 1. The molecular weight excluding hydrogens is 220 g/mol. The highest BCUT2D eigenvalue weighted by atomic mass is 79.9. The number of methoxy groups -OCH3 is 1. The van der Waals surface area contributed by atoms with E-state index in [2.05, 4.69) is 27.6 Å². The number of unbranched alkanes of at least 4 members (excludes halogenated alkanes) is 2. The van der Waals surface area contributed by atoms with Crippen molar-refractivity contribution >= 4 is 21.9 Å². The van der Waals surface area contributed by atoms with Crippen molar-refractivity contribution in [2.75, 3.05) is 12.4 Å². The summed E-state index contributed by atoms with van der Waals surface area (Å²) in [5, 5.41) is 0.573. The number of esters is 1. The highest BCUT2D eigenvalue weighted by molar-refractivity contribution is 9.09. The van der Waals surface area contributed by atoms with E-state index in [0.29, 0.717) is 10.9 Å². The summed E-state index contributed by atoms with van der Waals surface area (Å²) in [4.78, 5) is 11.0. The average molecular weight is 235 g/mol. The van der Waals surface area contributed by atoms with Crippen molar-refractivity contribution in [3.8, 4) is 0 Å². The molecule has 0 aliphatic carbocycles. The fraction of sp³-hybridized carbons (Fsp3) is 0.667. The number of carbonyl (C=O) groups excluding carboxylic acids is 1. The predicted octanol–water partition coefficient (Wildman–Crippen LogP) is 2.67. The highest BCUT2D eigenvalue weighted by Gasteiger charge is 2.05. The first kappa shape index (κ1) is 11.7. The third-order valence-electron chi connectivity index (χ3n) is 1.54. The number of hydrogen-bond donors (Lipinski definition) is 0. The summed E-state index contributed by atoms with van der Waals surface area (Å²) in [5.41, 5.74) is 0.714. The van der Waals surface area contributed by atoms with Gasteiger partial charge in [0.1, 0.15) is 0 Å². The van der Waals surface area contributed by atoms with Crippen LogP contribution >= 0.6 is 15.9 Å². The SMILES string of the molecule is CCCC/C=C(/CBr)C(=O)OC. The van der Waals surface area contributed by atoms with Crippen molar-refractivity contribution < 1.29 is 9.53 Å². The van der Waals surface area contributed by atoms with Gasteiger partial charge in [-0.3, -0.25) is 0 Å². The summed E-state index contributed by atoms with van der Waals surface area (Å²) in [6.07, 6.45) is 5.15. The molecule has 0 atom stereocenters. The molecule has 0 fully saturated rings. The molecule has 0 N–H and O–H groups in total. The predicted molar refractivity (Wildman–Crippen MR) is 53.4 cm³/mol. The van der Waals surface area contributed by atoms with Crippen LogP contribution in [0.15, 0.2) is 11.6 Å². The van der Waals surface area contributed by atoms with Crippen LogP contribution in [0, 0.1) is 0 Å². The molecule has 2 nitrogen and oxygen atoms in total. The summed E-state index contributed by atoms with van der Waals surface area (Å²) < 4.78 is 4.60. The van der Waals surface area contributed by atoms with Gasteiger partial charge in [-0.05, 0) is 6.42 Å². The number of allylic oxidation sites excluding steroid dienone is 1. The quantitative estimate of drug-likeness (QED) is 0.317. The zero-order chi connectivity index (χ0) is 9.40. The van der Waals surface area contributed by atoms with E-state index in [1.807, 2.05) is 6.08 Å². The minimum absolute atomic E-state index is 0.233. The summed E-state index contributed by atoms with van der Waals surface area (Å²) >= 11 is 3.24. The largest absolute Gasteiger partial charge is 0.466 e. The lowest BCUT2D eigenvalue weighted by Gasteiger charge is -2.00. The van der Waals surface area contributed by atoms with E-state index in [1.165, 1.54) is 7.11 Å². The first-order valence-corrected chi connectivity index (χ1v) is 5.21. The van der Waals surface area contributed by atoms with Crippen LogP contribution in [0.3, 0.4) is 0 Å². The molecule has 0 radical (unpaired) electrons. The van der Waals surface area contributed by atoms with Crippen molar-refractivity contribution in [2.45, 2.75) is 26.2 Å². The number of rotatable bonds is 5. The molecule has 0 aromatic carbocycles. The van der Waals surface area contributed by atoms with Crippen molar-refractivity contribution in [1.82, 2.24) is 0 Å². The molecule has 0 amide bonds. The number of hydrogen-bond acceptors (Lipinski definition) is 2. The number of halogens is 1. The Labute approximate surface area is 82.1 Å². The Kier molecular flexibility index (Phi) is 7.16. The van der Waals surface area contributed by atoms with Crippen molar-refractivity contribution in [1.29, 1.82) is 0 Å². The average Bonchev–Trinajstić information content (AvgIpc) is 2.11. The molecule has 0 spiro atoms. The van der Waals surface area contributed by atoms with E-state index in [9.17, 15) is 4.79 Å². The maximum atomic E-state index is 11.0. The molecule has 0 bridgehead atoms. The van der Waals surface area contributed by atoms with E-state index in [1.54, 1.807) is 0 Å². The molecule has 0 rings (SSSR count). The maximum absolute atomic E-state index is 11.0. The Morgan fingerprint density at radius 2 is 2.25 bits per heavy atom. The second-order valence-corrected chi connectivity index (χ2v) is 3.06. The third-order valence-corrected chi connectivity index (χ3v) is 2.14. The molecule has 0 aromatic heterocycles. The van der Waals surface area contributed by atoms with Crippen LogP contribution in [0.2, 0.25) is 0 Å². The Bertz CT molecular complexity index is 164. The Morgan fingerprint density at radius 3 is 2.67 bits per heavy atom. The number of alkyl halides is 1. The fourth-order valence-electron chi connectivity index (χ4n) is 0.804. The second kappa shape index (κ2) is 7.35. The molecule has 0 unspecified atom stereocenters. The molecule has 3 heteroatoms. The van der Waals surface area contributed by atoms with E-state index < -0.39 is 0 Å². The van der Waals surface area contributed by atoms with E-state index in [4.69, 9.17) is 0 Å².